The van der Waals surface area contributed by atoms with Crippen molar-refractivity contribution >= 4 is 22.6 Å². The molecule has 0 fully saturated rings. The minimum absolute atomic E-state index is 0.105. The van der Waals surface area contributed by atoms with Crippen LogP contribution in [-0.4, -0.2) is 11.0 Å². The second-order valence-electron chi connectivity index (χ2n) is 5.04. The molecule has 0 saturated heterocycles. The van der Waals surface area contributed by atoms with Crippen LogP contribution in [0.5, 0.6) is 5.75 Å². The van der Waals surface area contributed by atoms with E-state index in [4.69, 9.17) is 4.42 Å². The predicted molar refractivity (Wildman–Crippen MR) is 81.7 cm³/mol. The van der Waals surface area contributed by atoms with Gasteiger partial charge in [0.1, 0.15) is 17.1 Å². The first-order valence-electron chi connectivity index (χ1n) is 6.65. The molecule has 0 aliphatic heterocycles. The molecule has 2 N–H and O–H groups in total. The molecule has 0 bridgehead atoms. The Morgan fingerprint density at radius 1 is 1.14 bits per heavy atom. The summed E-state index contributed by atoms with van der Waals surface area (Å²) in [5, 5.41) is 13.1. The zero-order chi connectivity index (χ0) is 15.0. The summed E-state index contributed by atoms with van der Waals surface area (Å²) in [7, 11) is 0. The first-order valence-corrected chi connectivity index (χ1v) is 6.65. The lowest BCUT2D eigenvalue weighted by molar-refractivity contribution is 0.102. The van der Waals surface area contributed by atoms with Gasteiger partial charge in [-0.15, -0.1) is 0 Å². The zero-order valence-electron chi connectivity index (χ0n) is 11.8. The van der Waals surface area contributed by atoms with Crippen LogP contribution in [0.3, 0.4) is 0 Å². The van der Waals surface area contributed by atoms with Crippen molar-refractivity contribution < 1.29 is 14.3 Å². The van der Waals surface area contributed by atoms with Crippen LogP contribution >= 0.6 is 0 Å². The van der Waals surface area contributed by atoms with E-state index in [1.165, 1.54) is 12.1 Å². The zero-order valence-corrected chi connectivity index (χ0v) is 11.8. The third kappa shape index (κ3) is 2.48. The molecule has 2 aromatic carbocycles. The van der Waals surface area contributed by atoms with Gasteiger partial charge in [0.25, 0.3) is 5.91 Å². The fourth-order valence-corrected chi connectivity index (χ4v) is 2.41. The van der Waals surface area contributed by atoms with Crippen LogP contribution < -0.4 is 5.32 Å². The number of aryl methyl sites for hydroxylation is 2. The van der Waals surface area contributed by atoms with E-state index in [-0.39, 0.29) is 11.7 Å². The molecule has 3 aromatic rings. The monoisotopic (exact) mass is 281 g/mol. The maximum Gasteiger partial charge on any atom is 0.259 e. The van der Waals surface area contributed by atoms with Gasteiger partial charge < -0.3 is 14.8 Å². The molecule has 1 amide bonds. The van der Waals surface area contributed by atoms with Crippen molar-refractivity contribution in [1.82, 2.24) is 0 Å². The van der Waals surface area contributed by atoms with Gasteiger partial charge in [0.05, 0.1) is 5.56 Å². The summed E-state index contributed by atoms with van der Waals surface area (Å²) in [5.74, 6) is 0.385. The summed E-state index contributed by atoms with van der Waals surface area (Å²) in [6.45, 7) is 3.70. The highest BCUT2D eigenvalue weighted by atomic mass is 16.3. The van der Waals surface area contributed by atoms with Gasteiger partial charge in [0, 0.05) is 11.1 Å². The lowest BCUT2D eigenvalue weighted by atomic mass is 10.1. The summed E-state index contributed by atoms with van der Waals surface area (Å²) in [6.07, 6.45) is 0. The number of phenolic OH excluding ortho intramolecular Hbond substituents is 1. The number of phenols is 1. The molecule has 21 heavy (non-hydrogen) atoms. The van der Waals surface area contributed by atoms with Crippen molar-refractivity contribution in [3.8, 4) is 5.75 Å². The Balaban J connectivity index is 2.01. The second-order valence-corrected chi connectivity index (χ2v) is 5.04. The number of amides is 1. The molecule has 1 heterocycles. The van der Waals surface area contributed by atoms with E-state index in [9.17, 15) is 9.90 Å². The predicted octanol–water partition coefficient (Wildman–Crippen LogP) is 4.01. The average Bonchev–Trinajstić information content (AvgIpc) is 2.74. The number of rotatable bonds is 2. The number of carbonyl (C=O) groups excluding carboxylic acids is 1. The van der Waals surface area contributed by atoms with E-state index in [1.54, 1.807) is 13.0 Å². The highest BCUT2D eigenvalue weighted by Gasteiger charge is 2.18. The molecule has 0 unspecified atom stereocenters. The molecule has 0 atom stereocenters. The van der Waals surface area contributed by atoms with Gasteiger partial charge >= 0.3 is 0 Å². The number of fused-ring (bicyclic) bond motifs is 1. The number of aromatic hydroxyl groups is 1. The van der Waals surface area contributed by atoms with Gasteiger partial charge in [0.2, 0.25) is 0 Å². The van der Waals surface area contributed by atoms with E-state index >= 15 is 0 Å². The Morgan fingerprint density at radius 3 is 2.71 bits per heavy atom. The summed E-state index contributed by atoms with van der Waals surface area (Å²) in [5.41, 5.74) is 2.83. The van der Waals surface area contributed by atoms with Crippen molar-refractivity contribution in [2.24, 2.45) is 0 Å². The van der Waals surface area contributed by atoms with Crippen LogP contribution in [0, 0.1) is 13.8 Å². The highest BCUT2D eigenvalue weighted by molar-refractivity contribution is 6.13. The molecule has 1 aromatic heterocycles. The van der Waals surface area contributed by atoms with Gasteiger partial charge in [-0.2, -0.15) is 0 Å². The van der Waals surface area contributed by atoms with E-state index in [0.29, 0.717) is 22.3 Å². The molecule has 0 saturated carbocycles. The lowest BCUT2D eigenvalue weighted by Gasteiger charge is -2.05. The van der Waals surface area contributed by atoms with Gasteiger partial charge in [-0.3, -0.25) is 4.79 Å². The molecule has 0 aliphatic rings. The van der Waals surface area contributed by atoms with E-state index in [2.05, 4.69) is 5.32 Å². The molecule has 0 radical (unpaired) electrons. The Labute approximate surface area is 122 Å². The first kappa shape index (κ1) is 13.2. The Morgan fingerprint density at radius 2 is 1.95 bits per heavy atom. The van der Waals surface area contributed by atoms with Crippen molar-refractivity contribution in [2.75, 3.05) is 5.32 Å². The van der Waals surface area contributed by atoms with Gasteiger partial charge in [-0.1, -0.05) is 12.1 Å². The SMILES string of the molecule is Cc1cccc(NC(=O)c2c(C)oc3ccc(O)cc23)c1. The van der Waals surface area contributed by atoms with Crippen LogP contribution in [0.25, 0.3) is 11.0 Å². The molecular weight excluding hydrogens is 266 g/mol. The molecule has 0 aliphatic carbocycles. The van der Waals surface area contributed by atoms with Crippen molar-refractivity contribution in [1.29, 1.82) is 0 Å². The van der Waals surface area contributed by atoms with Crippen LogP contribution in [0.15, 0.2) is 46.9 Å². The maximum absolute atomic E-state index is 12.5. The number of anilines is 1. The van der Waals surface area contributed by atoms with Crippen molar-refractivity contribution in [3.05, 3.63) is 59.4 Å². The average molecular weight is 281 g/mol. The Kier molecular flexibility index (Phi) is 3.14. The number of carbonyl (C=O) groups is 1. The van der Waals surface area contributed by atoms with E-state index in [0.717, 1.165) is 11.3 Å². The topological polar surface area (TPSA) is 62.5 Å². The third-order valence-electron chi connectivity index (χ3n) is 3.35. The summed E-state index contributed by atoms with van der Waals surface area (Å²) in [6, 6.07) is 12.3. The first-order chi connectivity index (χ1) is 10.0. The fraction of sp³-hybridized carbons (Fsp3) is 0.118. The minimum atomic E-state index is -0.248. The number of benzene rings is 2. The number of furan rings is 1. The van der Waals surface area contributed by atoms with E-state index < -0.39 is 0 Å². The van der Waals surface area contributed by atoms with E-state index in [1.807, 2.05) is 31.2 Å². The number of nitrogens with one attached hydrogen (secondary N) is 1. The molecule has 4 nitrogen and oxygen atoms in total. The van der Waals surface area contributed by atoms with Crippen LogP contribution in [0.1, 0.15) is 21.7 Å². The standard InChI is InChI=1S/C17H15NO3/c1-10-4-3-5-12(8-10)18-17(20)16-11(2)21-15-7-6-13(19)9-14(15)16/h3-9,19H,1-2H3,(H,18,20). The van der Waals surface area contributed by atoms with Gasteiger partial charge in [-0.25, -0.2) is 0 Å². The Bertz CT molecular complexity index is 833. The largest absolute Gasteiger partial charge is 0.508 e. The molecular formula is C17H15NO3. The van der Waals surface area contributed by atoms with Crippen LogP contribution in [-0.2, 0) is 0 Å². The quantitative estimate of drug-likeness (QED) is 0.746. The fourth-order valence-electron chi connectivity index (χ4n) is 2.41. The smallest absolute Gasteiger partial charge is 0.259 e. The Hall–Kier alpha value is -2.75. The van der Waals surface area contributed by atoms with Crippen LogP contribution in [0.4, 0.5) is 5.69 Å². The lowest BCUT2D eigenvalue weighted by Crippen LogP contribution is -2.12. The summed E-state index contributed by atoms with van der Waals surface area (Å²) in [4.78, 5) is 12.5. The molecule has 106 valence electrons. The number of hydrogen-bond donors (Lipinski definition) is 2. The summed E-state index contributed by atoms with van der Waals surface area (Å²) < 4.78 is 5.56. The maximum atomic E-state index is 12.5. The highest BCUT2D eigenvalue weighted by Crippen LogP contribution is 2.29. The molecule has 4 heteroatoms. The molecule has 3 rings (SSSR count). The number of hydrogen-bond acceptors (Lipinski definition) is 3. The van der Waals surface area contributed by atoms with Crippen molar-refractivity contribution in [2.45, 2.75) is 13.8 Å². The summed E-state index contributed by atoms with van der Waals surface area (Å²) >= 11 is 0. The normalized spacial score (nSPS) is 10.8. The molecule has 0 spiro atoms. The van der Waals surface area contributed by atoms with Gasteiger partial charge in [0.15, 0.2) is 0 Å². The van der Waals surface area contributed by atoms with Crippen molar-refractivity contribution in [3.63, 3.8) is 0 Å². The second kappa shape index (κ2) is 4.98. The third-order valence-corrected chi connectivity index (χ3v) is 3.35. The minimum Gasteiger partial charge on any atom is -0.508 e. The van der Waals surface area contributed by atoms with Gasteiger partial charge in [-0.05, 0) is 49.7 Å². The van der Waals surface area contributed by atoms with Crippen LogP contribution in [0.2, 0.25) is 0 Å².